The Morgan fingerprint density at radius 3 is 2.66 bits per heavy atom. The van der Waals surface area contributed by atoms with E-state index in [-0.39, 0.29) is 6.03 Å². The Balaban J connectivity index is 1.62. The van der Waals surface area contributed by atoms with Crippen LogP contribution in [0.1, 0.15) is 31.0 Å². The molecule has 3 aliphatic heterocycles. The lowest BCUT2D eigenvalue weighted by atomic mass is 9.99. The van der Waals surface area contributed by atoms with Crippen LogP contribution in [0.3, 0.4) is 0 Å². The molecular weight excluding hydrogens is 368 g/mol. The summed E-state index contributed by atoms with van der Waals surface area (Å²) < 4.78 is 5.55. The molecule has 8 nitrogen and oxygen atoms in total. The molecule has 0 bridgehead atoms. The van der Waals surface area contributed by atoms with Gasteiger partial charge in [-0.05, 0) is 18.8 Å². The van der Waals surface area contributed by atoms with Crippen molar-refractivity contribution in [3.63, 3.8) is 0 Å². The molecule has 4 rings (SSSR count). The summed E-state index contributed by atoms with van der Waals surface area (Å²) in [5, 5.41) is 2.89. The highest BCUT2D eigenvalue weighted by Crippen LogP contribution is 2.31. The van der Waals surface area contributed by atoms with Gasteiger partial charge in [-0.15, -0.1) is 6.58 Å². The molecule has 2 saturated heterocycles. The number of carbonyl (C=O) groups is 1. The molecule has 0 atom stereocenters. The van der Waals surface area contributed by atoms with E-state index in [1.807, 2.05) is 4.90 Å². The molecule has 0 radical (unpaired) electrons. The first-order chi connectivity index (χ1) is 14.2. The number of hydrogen-bond donors (Lipinski definition) is 1. The predicted octanol–water partition coefficient (Wildman–Crippen LogP) is 1.80. The number of carbonyl (C=O) groups excluding carboxylic acids is 1. The van der Waals surface area contributed by atoms with Gasteiger partial charge >= 0.3 is 6.03 Å². The Morgan fingerprint density at radius 2 is 1.93 bits per heavy atom. The zero-order valence-corrected chi connectivity index (χ0v) is 17.4. The van der Waals surface area contributed by atoms with E-state index in [9.17, 15) is 4.79 Å². The number of aromatic nitrogens is 2. The first kappa shape index (κ1) is 19.9. The Labute approximate surface area is 172 Å². The number of urea groups is 1. The molecule has 3 aliphatic rings. The van der Waals surface area contributed by atoms with Gasteiger partial charge in [0.15, 0.2) is 0 Å². The smallest absolute Gasteiger partial charge is 0.317 e. The molecule has 2 fully saturated rings. The van der Waals surface area contributed by atoms with Crippen molar-refractivity contribution in [3.05, 3.63) is 23.9 Å². The molecule has 0 aliphatic carbocycles. The van der Waals surface area contributed by atoms with E-state index >= 15 is 0 Å². The number of piperidine rings is 1. The van der Waals surface area contributed by atoms with Gasteiger partial charge in [0, 0.05) is 51.3 Å². The van der Waals surface area contributed by atoms with Crippen LogP contribution in [-0.2, 0) is 17.7 Å². The first-order valence-electron chi connectivity index (χ1n) is 10.8. The molecular formula is C21H32N6O2. The van der Waals surface area contributed by atoms with Crippen LogP contribution in [0.5, 0.6) is 0 Å². The highest BCUT2D eigenvalue weighted by atomic mass is 16.5. The predicted molar refractivity (Wildman–Crippen MR) is 113 cm³/mol. The molecule has 4 heterocycles. The van der Waals surface area contributed by atoms with E-state index in [2.05, 4.69) is 28.6 Å². The topological polar surface area (TPSA) is 73.8 Å². The quantitative estimate of drug-likeness (QED) is 0.777. The molecule has 1 aromatic heterocycles. The second-order valence-corrected chi connectivity index (χ2v) is 8.19. The maximum Gasteiger partial charge on any atom is 0.317 e. The number of nitrogens with zero attached hydrogens (tertiary/aromatic N) is 5. The normalized spacial score (nSPS) is 20.4. The fourth-order valence-electron chi connectivity index (χ4n) is 4.22. The van der Waals surface area contributed by atoms with Crippen molar-refractivity contribution < 1.29 is 9.53 Å². The van der Waals surface area contributed by atoms with Crippen molar-refractivity contribution in [1.82, 2.24) is 20.2 Å². The number of hydrogen-bond acceptors (Lipinski definition) is 6. The lowest BCUT2D eigenvalue weighted by molar-refractivity contribution is 0.122. The number of amides is 2. The summed E-state index contributed by atoms with van der Waals surface area (Å²) in [4.78, 5) is 28.9. The molecule has 1 N–H and O–H groups in total. The van der Waals surface area contributed by atoms with Crippen LogP contribution in [-0.4, -0.2) is 73.4 Å². The van der Waals surface area contributed by atoms with Crippen molar-refractivity contribution in [2.45, 2.75) is 32.7 Å². The molecule has 0 unspecified atom stereocenters. The van der Waals surface area contributed by atoms with Gasteiger partial charge in [-0.1, -0.05) is 13.0 Å². The van der Waals surface area contributed by atoms with Crippen molar-refractivity contribution in [2.75, 3.05) is 62.3 Å². The number of nitrogens with one attached hydrogen (secondary N) is 1. The number of anilines is 2. The third-order valence-electron chi connectivity index (χ3n) is 6.09. The minimum atomic E-state index is -0.0578. The van der Waals surface area contributed by atoms with E-state index in [0.29, 0.717) is 32.8 Å². The Kier molecular flexibility index (Phi) is 6.18. The molecule has 2 amide bonds. The van der Waals surface area contributed by atoms with Gasteiger partial charge in [0.2, 0.25) is 5.95 Å². The Morgan fingerprint density at radius 1 is 1.17 bits per heavy atom. The van der Waals surface area contributed by atoms with Gasteiger partial charge in [0.25, 0.3) is 0 Å². The summed E-state index contributed by atoms with van der Waals surface area (Å²) in [5.41, 5.74) is 2.17. The summed E-state index contributed by atoms with van der Waals surface area (Å²) in [6.07, 6.45) is 4.83. The third kappa shape index (κ3) is 4.47. The average Bonchev–Trinajstić information content (AvgIpc) is 2.77. The summed E-state index contributed by atoms with van der Waals surface area (Å²) >= 11 is 0. The van der Waals surface area contributed by atoms with Crippen LogP contribution in [0, 0.1) is 5.92 Å². The standard InChI is InChI=1S/C21H32N6O2/c1-3-7-22-21(28)27-10-6-18-17(15-27)19(25-11-13-29-14-12-25)24-20(23-18)26-8-4-16(2)5-9-26/h3,16H,1,4-15H2,2H3,(H,22,28). The van der Waals surface area contributed by atoms with Gasteiger partial charge in [0.05, 0.1) is 25.5 Å². The number of ether oxygens (including phenoxy) is 1. The van der Waals surface area contributed by atoms with Crippen LogP contribution in [0.15, 0.2) is 12.7 Å². The summed E-state index contributed by atoms with van der Waals surface area (Å²) in [6, 6.07) is -0.0578. The van der Waals surface area contributed by atoms with Crippen LogP contribution in [0.4, 0.5) is 16.6 Å². The van der Waals surface area contributed by atoms with E-state index < -0.39 is 0 Å². The van der Waals surface area contributed by atoms with Gasteiger partial charge in [0.1, 0.15) is 5.82 Å². The van der Waals surface area contributed by atoms with Crippen LogP contribution in [0.25, 0.3) is 0 Å². The summed E-state index contributed by atoms with van der Waals surface area (Å²) in [7, 11) is 0. The van der Waals surface area contributed by atoms with Gasteiger partial charge in [-0.3, -0.25) is 0 Å². The molecule has 8 heteroatoms. The average molecular weight is 401 g/mol. The maximum absolute atomic E-state index is 12.5. The van der Waals surface area contributed by atoms with Crippen LogP contribution in [0.2, 0.25) is 0 Å². The monoisotopic (exact) mass is 400 g/mol. The van der Waals surface area contributed by atoms with Crippen molar-refractivity contribution in [1.29, 1.82) is 0 Å². The number of morpholine rings is 1. The van der Waals surface area contributed by atoms with Crippen molar-refractivity contribution >= 4 is 17.8 Å². The lowest BCUT2D eigenvalue weighted by Crippen LogP contribution is -2.45. The highest BCUT2D eigenvalue weighted by molar-refractivity contribution is 5.75. The molecule has 0 saturated carbocycles. The molecule has 158 valence electrons. The molecule has 0 aromatic carbocycles. The third-order valence-corrected chi connectivity index (χ3v) is 6.09. The summed E-state index contributed by atoms with van der Waals surface area (Å²) in [5.74, 6) is 2.60. The minimum Gasteiger partial charge on any atom is -0.378 e. The van der Waals surface area contributed by atoms with E-state index in [1.54, 1.807) is 6.08 Å². The SMILES string of the molecule is C=CCNC(=O)N1CCc2nc(N3CCC(C)CC3)nc(N3CCOCC3)c2C1. The first-order valence-corrected chi connectivity index (χ1v) is 10.8. The zero-order valence-electron chi connectivity index (χ0n) is 17.4. The number of rotatable bonds is 4. The number of fused-ring (bicyclic) bond motifs is 1. The van der Waals surface area contributed by atoms with Crippen molar-refractivity contribution in [2.24, 2.45) is 5.92 Å². The van der Waals surface area contributed by atoms with Gasteiger partial charge < -0.3 is 24.8 Å². The largest absolute Gasteiger partial charge is 0.378 e. The van der Waals surface area contributed by atoms with Gasteiger partial charge in [-0.25, -0.2) is 9.78 Å². The second-order valence-electron chi connectivity index (χ2n) is 8.19. The Bertz CT molecular complexity index is 741. The van der Waals surface area contributed by atoms with Crippen molar-refractivity contribution in [3.8, 4) is 0 Å². The maximum atomic E-state index is 12.5. The molecule has 29 heavy (non-hydrogen) atoms. The van der Waals surface area contributed by atoms with E-state index in [4.69, 9.17) is 14.7 Å². The zero-order chi connectivity index (χ0) is 20.2. The lowest BCUT2D eigenvalue weighted by Gasteiger charge is -2.36. The minimum absolute atomic E-state index is 0.0578. The van der Waals surface area contributed by atoms with E-state index in [1.165, 1.54) is 12.8 Å². The van der Waals surface area contributed by atoms with Crippen LogP contribution < -0.4 is 15.1 Å². The summed E-state index contributed by atoms with van der Waals surface area (Å²) in [6.45, 7) is 12.8. The Hall–Kier alpha value is -2.35. The molecule has 0 spiro atoms. The van der Waals surface area contributed by atoms with Crippen LogP contribution >= 0.6 is 0 Å². The fraction of sp³-hybridized carbons (Fsp3) is 0.667. The fourth-order valence-corrected chi connectivity index (χ4v) is 4.22. The van der Waals surface area contributed by atoms with E-state index in [0.717, 1.165) is 61.5 Å². The highest BCUT2D eigenvalue weighted by Gasteiger charge is 2.29. The molecule has 1 aromatic rings. The second kappa shape index (κ2) is 8.98. The van der Waals surface area contributed by atoms with Gasteiger partial charge in [-0.2, -0.15) is 4.98 Å².